The molecule has 1 aromatic carbocycles. The van der Waals surface area contributed by atoms with E-state index in [0.29, 0.717) is 25.1 Å². The zero-order valence-corrected chi connectivity index (χ0v) is 15.5. The Morgan fingerprint density at radius 2 is 2.15 bits per heavy atom. The van der Waals surface area contributed by atoms with E-state index in [4.69, 9.17) is 0 Å². The van der Waals surface area contributed by atoms with Crippen molar-refractivity contribution in [2.24, 2.45) is 0 Å². The predicted molar refractivity (Wildman–Crippen MR) is 104 cm³/mol. The highest BCUT2D eigenvalue weighted by molar-refractivity contribution is 7.10. The number of pyridine rings is 1. The van der Waals surface area contributed by atoms with Crippen LogP contribution in [0.3, 0.4) is 0 Å². The lowest BCUT2D eigenvalue weighted by molar-refractivity contribution is -0.327. The number of H-pyrrole nitrogens is 1. The zero-order valence-electron chi connectivity index (χ0n) is 14.6. The van der Waals surface area contributed by atoms with E-state index in [1.807, 2.05) is 42.6 Å². The standard InChI is InChI=1S/C20H20N4OS/c1-14-5-6-15-11-16(13-21)20(24-18(15)10-14)23-8-3-7-22-19(25)12-17-4-2-9-26-17/h2,4-6,9-11H,3,7-8,12H2,1H3,(H,22,25)(H,23,24)/p+1. The molecule has 3 N–H and O–H groups in total. The lowest BCUT2D eigenvalue weighted by atomic mass is 10.1. The number of aryl methyl sites for hydroxylation is 1. The largest absolute Gasteiger partial charge is 0.356 e. The topological polar surface area (TPSA) is 79.1 Å². The van der Waals surface area contributed by atoms with Crippen LogP contribution >= 0.6 is 11.3 Å². The van der Waals surface area contributed by atoms with E-state index in [2.05, 4.69) is 27.8 Å². The van der Waals surface area contributed by atoms with Gasteiger partial charge < -0.3 is 5.32 Å². The van der Waals surface area contributed by atoms with Crippen LogP contribution in [0.1, 0.15) is 22.4 Å². The van der Waals surface area contributed by atoms with Gasteiger partial charge in [-0.2, -0.15) is 5.26 Å². The fraction of sp³-hybridized carbons (Fsp3) is 0.250. The number of aromatic nitrogens is 1. The number of carbonyl (C=O) groups is 1. The number of nitrogens with zero attached hydrogens (tertiary/aromatic N) is 1. The van der Waals surface area contributed by atoms with Crippen LogP contribution in [0.2, 0.25) is 0 Å². The quantitative estimate of drug-likeness (QED) is 0.632. The highest BCUT2D eigenvalue weighted by Gasteiger charge is 2.12. The van der Waals surface area contributed by atoms with E-state index in [9.17, 15) is 10.1 Å². The molecule has 2 aromatic heterocycles. The number of hydrogen-bond donors (Lipinski definition) is 2. The molecule has 3 rings (SSSR count). The summed E-state index contributed by atoms with van der Waals surface area (Å²) in [6.45, 7) is 3.31. The SMILES string of the molecule is Cc1ccc2cc(C#N)c(NCCCNC(=O)Cc3cccs3)[nH+]c2c1. The summed E-state index contributed by atoms with van der Waals surface area (Å²) in [5.41, 5.74) is 2.75. The van der Waals surface area contributed by atoms with Crippen LogP contribution in [0.5, 0.6) is 0 Å². The molecule has 26 heavy (non-hydrogen) atoms. The summed E-state index contributed by atoms with van der Waals surface area (Å²) < 4.78 is 0. The molecular formula is C20H21N4OS+. The first-order valence-corrected chi connectivity index (χ1v) is 9.43. The number of carbonyl (C=O) groups excluding carboxylic acids is 1. The molecule has 0 radical (unpaired) electrons. The third kappa shape index (κ3) is 4.58. The van der Waals surface area contributed by atoms with E-state index in [1.54, 1.807) is 11.3 Å². The number of nitrogens with one attached hydrogen (secondary N) is 3. The number of aromatic amines is 1. The monoisotopic (exact) mass is 365 g/mol. The summed E-state index contributed by atoms with van der Waals surface area (Å²) in [4.78, 5) is 16.2. The number of anilines is 1. The Balaban J connectivity index is 1.51. The zero-order chi connectivity index (χ0) is 18.4. The number of amides is 1. The van der Waals surface area contributed by atoms with Gasteiger partial charge in [0.2, 0.25) is 5.91 Å². The summed E-state index contributed by atoms with van der Waals surface area (Å²) in [7, 11) is 0. The van der Waals surface area contributed by atoms with Crippen LogP contribution in [0.4, 0.5) is 5.82 Å². The molecule has 0 saturated carbocycles. The maximum Gasteiger partial charge on any atom is 0.290 e. The van der Waals surface area contributed by atoms with Gasteiger partial charge in [-0.25, -0.2) is 4.98 Å². The van der Waals surface area contributed by atoms with Gasteiger partial charge >= 0.3 is 0 Å². The van der Waals surface area contributed by atoms with E-state index in [1.165, 1.54) is 0 Å². The van der Waals surface area contributed by atoms with Crippen molar-refractivity contribution in [2.45, 2.75) is 19.8 Å². The second-order valence-corrected chi connectivity index (χ2v) is 7.18. The summed E-state index contributed by atoms with van der Waals surface area (Å²) in [6.07, 6.45) is 1.21. The molecule has 0 bridgehead atoms. The predicted octanol–water partition coefficient (Wildman–Crippen LogP) is 3.06. The Morgan fingerprint density at radius 3 is 2.92 bits per heavy atom. The fourth-order valence-electron chi connectivity index (χ4n) is 2.73. The average Bonchev–Trinajstić information content (AvgIpc) is 3.13. The van der Waals surface area contributed by atoms with E-state index in [0.717, 1.165) is 33.6 Å². The van der Waals surface area contributed by atoms with Crippen LogP contribution in [0.25, 0.3) is 10.9 Å². The molecule has 132 valence electrons. The normalized spacial score (nSPS) is 10.5. The molecule has 0 aliphatic heterocycles. The minimum absolute atomic E-state index is 0.0397. The third-order valence-electron chi connectivity index (χ3n) is 4.05. The molecule has 0 unspecified atom stereocenters. The Morgan fingerprint density at radius 1 is 1.27 bits per heavy atom. The number of hydrogen-bond acceptors (Lipinski definition) is 4. The van der Waals surface area contributed by atoms with Crippen molar-refractivity contribution in [1.29, 1.82) is 5.26 Å². The highest BCUT2D eigenvalue weighted by Crippen LogP contribution is 2.17. The van der Waals surface area contributed by atoms with Gasteiger partial charge in [0.1, 0.15) is 17.1 Å². The van der Waals surface area contributed by atoms with Gasteiger partial charge in [-0.05, 0) is 36.1 Å². The summed E-state index contributed by atoms with van der Waals surface area (Å²) in [5.74, 6) is 0.758. The van der Waals surface area contributed by atoms with E-state index >= 15 is 0 Å². The Labute approximate surface area is 156 Å². The van der Waals surface area contributed by atoms with Gasteiger partial charge in [-0.1, -0.05) is 18.2 Å². The van der Waals surface area contributed by atoms with Crippen molar-refractivity contribution in [2.75, 3.05) is 18.4 Å². The van der Waals surface area contributed by atoms with Crippen LogP contribution in [0.15, 0.2) is 41.8 Å². The van der Waals surface area contributed by atoms with Crippen LogP contribution in [0, 0.1) is 18.3 Å². The van der Waals surface area contributed by atoms with Gasteiger partial charge in [0.15, 0.2) is 0 Å². The number of rotatable bonds is 7. The second-order valence-electron chi connectivity index (χ2n) is 6.15. The molecule has 0 atom stereocenters. The maximum absolute atomic E-state index is 11.8. The minimum atomic E-state index is 0.0397. The molecule has 1 amide bonds. The molecule has 3 aromatic rings. The first-order chi connectivity index (χ1) is 12.7. The van der Waals surface area contributed by atoms with Crippen LogP contribution < -0.4 is 15.6 Å². The van der Waals surface area contributed by atoms with Gasteiger partial charge in [0, 0.05) is 23.2 Å². The molecular weight excluding hydrogens is 344 g/mol. The number of fused-ring (bicyclic) bond motifs is 1. The smallest absolute Gasteiger partial charge is 0.290 e. The average molecular weight is 365 g/mol. The van der Waals surface area contributed by atoms with E-state index < -0.39 is 0 Å². The molecule has 5 nitrogen and oxygen atoms in total. The van der Waals surface area contributed by atoms with Crippen molar-refractivity contribution < 1.29 is 9.78 Å². The first kappa shape index (κ1) is 17.9. The van der Waals surface area contributed by atoms with Crippen molar-refractivity contribution in [3.63, 3.8) is 0 Å². The third-order valence-corrected chi connectivity index (χ3v) is 4.93. The molecule has 0 spiro atoms. The van der Waals surface area contributed by atoms with Crippen LogP contribution in [-0.2, 0) is 11.2 Å². The summed E-state index contributed by atoms with van der Waals surface area (Å²) >= 11 is 1.59. The lowest BCUT2D eigenvalue weighted by Gasteiger charge is -2.05. The minimum Gasteiger partial charge on any atom is -0.356 e. The fourth-order valence-corrected chi connectivity index (χ4v) is 3.43. The first-order valence-electron chi connectivity index (χ1n) is 8.55. The Kier molecular flexibility index (Phi) is 5.82. The highest BCUT2D eigenvalue weighted by atomic mass is 32.1. The van der Waals surface area contributed by atoms with Crippen LogP contribution in [-0.4, -0.2) is 19.0 Å². The van der Waals surface area contributed by atoms with E-state index in [-0.39, 0.29) is 5.91 Å². The lowest BCUT2D eigenvalue weighted by Crippen LogP contribution is -2.27. The number of nitriles is 1. The maximum atomic E-state index is 11.8. The molecule has 0 aliphatic carbocycles. The van der Waals surface area contributed by atoms with Crippen molar-refractivity contribution in [3.05, 3.63) is 57.8 Å². The summed E-state index contributed by atoms with van der Waals surface area (Å²) in [5, 5.41) is 18.5. The second kappa shape index (κ2) is 8.45. The van der Waals surface area contributed by atoms with Crippen molar-refractivity contribution >= 4 is 34.0 Å². The molecule has 2 heterocycles. The summed E-state index contributed by atoms with van der Waals surface area (Å²) in [6, 6.07) is 14.1. The van der Waals surface area contributed by atoms with Gasteiger partial charge in [0.05, 0.1) is 13.0 Å². The Bertz CT molecular complexity index is 944. The van der Waals surface area contributed by atoms with Crippen molar-refractivity contribution in [1.82, 2.24) is 5.32 Å². The van der Waals surface area contributed by atoms with Crippen molar-refractivity contribution in [3.8, 4) is 6.07 Å². The molecule has 0 aliphatic rings. The molecule has 0 saturated heterocycles. The number of thiophene rings is 1. The van der Waals surface area contributed by atoms with Gasteiger partial charge in [0.25, 0.3) is 5.82 Å². The van der Waals surface area contributed by atoms with Gasteiger partial charge in [-0.15, -0.1) is 11.3 Å². The Hall–Kier alpha value is -2.91. The molecule has 6 heteroatoms. The van der Waals surface area contributed by atoms with Gasteiger partial charge in [-0.3, -0.25) is 10.1 Å². The molecule has 0 fully saturated rings. The number of benzene rings is 1.